The van der Waals surface area contributed by atoms with Crippen LogP contribution in [0, 0.1) is 6.07 Å². The highest BCUT2D eigenvalue weighted by molar-refractivity contribution is 5.83. The molecular weight excluding hydrogens is 372 g/mol. The van der Waals surface area contributed by atoms with E-state index in [1.165, 1.54) is 62.1 Å². The molecule has 0 heteroatoms. The molecule has 0 saturated carbocycles. The first-order valence-electron chi connectivity index (χ1n) is 11.6. The van der Waals surface area contributed by atoms with Crippen LogP contribution >= 0.6 is 0 Å². The van der Waals surface area contributed by atoms with Crippen molar-refractivity contribution in [3.63, 3.8) is 0 Å². The standard InChI is InChI=1S/C31H29/c1-3-9-22-11-5-7-13-28(22)24-15-17-30-26(19-24)21-27-20-25(16-18-31(27)30)29-14-8-6-12-23(29)10-4-2/h5-8,11-19H,3-4,9-10,21H2,1-2H3. The molecule has 4 aromatic rings. The van der Waals surface area contributed by atoms with Gasteiger partial charge in [0.2, 0.25) is 0 Å². The summed E-state index contributed by atoms with van der Waals surface area (Å²) < 4.78 is 0. The lowest BCUT2D eigenvalue weighted by Crippen LogP contribution is -1.91. The zero-order valence-corrected chi connectivity index (χ0v) is 18.5. The van der Waals surface area contributed by atoms with Crippen molar-refractivity contribution in [3.05, 3.63) is 107 Å². The second-order valence-electron chi connectivity index (χ2n) is 8.63. The van der Waals surface area contributed by atoms with Crippen molar-refractivity contribution in [3.8, 4) is 33.4 Å². The summed E-state index contributed by atoms with van der Waals surface area (Å²) in [5.74, 6) is 0. The maximum Gasteiger partial charge on any atom is -0.000684 e. The molecule has 0 aliphatic heterocycles. The van der Waals surface area contributed by atoms with Crippen LogP contribution < -0.4 is 0 Å². The van der Waals surface area contributed by atoms with Crippen molar-refractivity contribution < 1.29 is 0 Å². The van der Waals surface area contributed by atoms with Gasteiger partial charge in [-0.3, -0.25) is 0 Å². The summed E-state index contributed by atoms with van der Waals surface area (Å²) in [5.41, 5.74) is 13.6. The zero-order valence-electron chi connectivity index (χ0n) is 18.5. The lowest BCUT2D eigenvalue weighted by Gasteiger charge is -2.11. The number of hydrogen-bond acceptors (Lipinski definition) is 0. The highest BCUT2D eigenvalue weighted by atomic mass is 14.2. The molecule has 4 aromatic carbocycles. The molecule has 1 aliphatic rings. The van der Waals surface area contributed by atoms with Crippen molar-refractivity contribution in [2.24, 2.45) is 0 Å². The summed E-state index contributed by atoms with van der Waals surface area (Å²) in [5, 5.41) is 0. The molecule has 0 spiro atoms. The highest BCUT2D eigenvalue weighted by Gasteiger charge is 2.20. The summed E-state index contributed by atoms with van der Waals surface area (Å²) >= 11 is 0. The van der Waals surface area contributed by atoms with Crippen LogP contribution in [0.25, 0.3) is 33.4 Å². The van der Waals surface area contributed by atoms with Gasteiger partial charge in [0.25, 0.3) is 0 Å². The minimum absolute atomic E-state index is 0.970. The third-order valence-electron chi connectivity index (χ3n) is 6.46. The first kappa shape index (κ1) is 19.8. The number of aryl methyl sites for hydroxylation is 2. The molecule has 0 nitrogen and oxygen atoms in total. The highest BCUT2D eigenvalue weighted by Crippen LogP contribution is 2.41. The molecule has 5 rings (SSSR count). The smallest absolute Gasteiger partial charge is 0.000684 e. The van der Waals surface area contributed by atoms with E-state index in [0.717, 1.165) is 25.7 Å². The third-order valence-corrected chi connectivity index (χ3v) is 6.46. The number of benzene rings is 4. The van der Waals surface area contributed by atoms with E-state index in [-0.39, 0.29) is 0 Å². The van der Waals surface area contributed by atoms with Crippen LogP contribution in [-0.2, 0) is 19.3 Å². The van der Waals surface area contributed by atoms with Crippen LogP contribution in [0.4, 0.5) is 0 Å². The Labute approximate surface area is 186 Å². The molecule has 1 radical (unpaired) electrons. The van der Waals surface area contributed by atoms with Crippen LogP contribution in [-0.4, -0.2) is 0 Å². The van der Waals surface area contributed by atoms with Crippen molar-refractivity contribution in [1.82, 2.24) is 0 Å². The summed E-state index contributed by atoms with van der Waals surface area (Å²) in [7, 11) is 0. The monoisotopic (exact) mass is 401 g/mol. The minimum atomic E-state index is 0.970. The summed E-state index contributed by atoms with van der Waals surface area (Å²) in [6, 6.07) is 33.0. The van der Waals surface area contributed by atoms with Gasteiger partial charge in [0.15, 0.2) is 0 Å². The Morgan fingerprint density at radius 1 is 0.645 bits per heavy atom. The SMILES string of the molecule is CCCc1ccccc1-c1[c]c2c(cc1)-c1ccc(-c3ccccc3CCC)cc1C2. The molecule has 153 valence electrons. The minimum Gasteiger partial charge on any atom is -0.0651 e. The molecule has 0 aromatic heterocycles. The average Bonchev–Trinajstić information content (AvgIpc) is 3.17. The fourth-order valence-corrected chi connectivity index (χ4v) is 5.01. The first-order valence-corrected chi connectivity index (χ1v) is 11.6. The van der Waals surface area contributed by atoms with E-state index in [9.17, 15) is 0 Å². The Bertz CT molecular complexity index is 1130. The average molecular weight is 402 g/mol. The Balaban J connectivity index is 1.51. The van der Waals surface area contributed by atoms with E-state index in [4.69, 9.17) is 0 Å². The number of rotatable bonds is 6. The van der Waals surface area contributed by atoms with Crippen molar-refractivity contribution >= 4 is 0 Å². The molecule has 31 heavy (non-hydrogen) atoms. The van der Waals surface area contributed by atoms with E-state index in [0.29, 0.717) is 0 Å². The van der Waals surface area contributed by atoms with Crippen molar-refractivity contribution in [2.75, 3.05) is 0 Å². The van der Waals surface area contributed by atoms with Gasteiger partial charge < -0.3 is 0 Å². The van der Waals surface area contributed by atoms with Crippen LogP contribution in [0.1, 0.15) is 48.9 Å². The predicted molar refractivity (Wildman–Crippen MR) is 132 cm³/mol. The van der Waals surface area contributed by atoms with Gasteiger partial charge >= 0.3 is 0 Å². The fourth-order valence-electron chi connectivity index (χ4n) is 5.01. The van der Waals surface area contributed by atoms with E-state index in [2.05, 4.69) is 98.8 Å². The largest absolute Gasteiger partial charge is 0.0651 e. The first-order chi connectivity index (χ1) is 15.3. The van der Waals surface area contributed by atoms with E-state index in [1.54, 1.807) is 0 Å². The van der Waals surface area contributed by atoms with E-state index in [1.807, 2.05) is 0 Å². The second kappa shape index (κ2) is 8.55. The maximum absolute atomic E-state index is 3.78. The lowest BCUT2D eigenvalue weighted by molar-refractivity contribution is 0.923. The van der Waals surface area contributed by atoms with E-state index >= 15 is 0 Å². The topological polar surface area (TPSA) is 0 Å². The predicted octanol–water partition coefficient (Wildman–Crippen LogP) is 8.30. The third kappa shape index (κ3) is 3.72. The number of hydrogen-bond donors (Lipinski definition) is 0. The van der Waals surface area contributed by atoms with Gasteiger partial charge in [-0.05, 0) is 81.0 Å². The molecule has 0 N–H and O–H groups in total. The van der Waals surface area contributed by atoms with Crippen LogP contribution in [0.5, 0.6) is 0 Å². The quantitative estimate of drug-likeness (QED) is 0.268. The molecule has 1 aliphatic carbocycles. The maximum atomic E-state index is 3.78. The molecule has 0 heterocycles. The normalized spacial score (nSPS) is 11.9. The molecule has 0 bridgehead atoms. The van der Waals surface area contributed by atoms with Crippen molar-refractivity contribution in [2.45, 2.75) is 46.0 Å². The lowest BCUT2D eigenvalue weighted by atomic mass is 9.93. The Morgan fingerprint density at radius 2 is 1.29 bits per heavy atom. The molecule has 0 saturated heterocycles. The fraction of sp³-hybridized carbons (Fsp3) is 0.226. The molecule has 0 atom stereocenters. The van der Waals surface area contributed by atoms with Crippen LogP contribution in [0.3, 0.4) is 0 Å². The van der Waals surface area contributed by atoms with Gasteiger partial charge in [0, 0.05) is 0 Å². The van der Waals surface area contributed by atoms with Gasteiger partial charge in [-0.2, -0.15) is 0 Å². The number of fused-ring (bicyclic) bond motifs is 3. The Hall–Kier alpha value is -3.12. The van der Waals surface area contributed by atoms with E-state index < -0.39 is 0 Å². The van der Waals surface area contributed by atoms with Crippen molar-refractivity contribution in [1.29, 1.82) is 0 Å². The molecular formula is C31H29. The second-order valence-corrected chi connectivity index (χ2v) is 8.63. The zero-order chi connectivity index (χ0) is 21.2. The molecule has 0 fully saturated rings. The van der Waals surface area contributed by atoms with Gasteiger partial charge in [-0.15, -0.1) is 0 Å². The van der Waals surface area contributed by atoms with Gasteiger partial charge in [0.1, 0.15) is 0 Å². The molecule has 0 unspecified atom stereocenters. The molecule has 0 amide bonds. The summed E-state index contributed by atoms with van der Waals surface area (Å²) in [4.78, 5) is 0. The van der Waals surface area contributed by atoms with Gasteiger partial charge in [0.05, 0.1) is 0 Å². The van der Waals surface area contributed by atoms with Gasteiger partial charge in [-0.25, -0.2) is 0 Å². The Morgan fingerprint density at radius 3 is 2.03 bits per heavy atom. The summed E-state index contributed by atoms with van der Waals surface area (Å²) in [6.07, 6.45) is 5.54. The Kier molecular flexibility index (Phi) is 5.47. The van der Waals surface area contributed by atoms with Gasteiger partial charge in [-0.1, -0.05) is 106 Å². The van der Waals surface area contributed by atoms with Crippen LogP contribution in [0.2, 0.25) is 0 Å². The van der Waals surface area contributed by atoms with Crippen LogP contribution in [0.15, 0.2) is 78.9 Å². The summed E-state index contributed by atoms with van der Waals surface area (Å²) in [6.45, 7) is 4.50.